The summed E-state index contributed by atoms with van der Waals surface area (Å²) in [7, 11) is 0. The molecule has 6 nitrogen and oxygen atoms in total. The van der Waals surface area contributed by atoms with E-state index < -0.39 is 0 Å². The van der Waals surface area contributed by atoms with Gasteiger partial charge in [0.25, 0.3) is 0 Å². The maximum atomic E-state index is 4.56. The number of hydrogen-bond acceptors (Lipinski definition) is 5. The van der Waals surface area contributed by atoms with Gasteiger partial charge in [-0.2, -0.15) is 9.78 Å². The predicted octanol–water partition coefficient (Wildman–Crippen LogP) is 3.09. The Morgan fingerprint density at radius 3 is 2.91 bits per heavy atom. The molecule has 108 valence electrons. The number of thiophene rings is 1. The summed E-state index contributed by atoms with van der Waals surface area (Å²) in [5, 5.41) is 13.7. The molecule has 22 heavy (non-hydrogen) atoms. The predicted molar refractivity (Wildman–Crippen MR) is 84.8 cm³/mol. The SMILES string of the molecule is Cc1nc(-c2cn[nH]c2-c2cccs2)n(-c2ccccn2)n1. The molecule has 0 spiro atoms. The van der Waals surface area contributed by atoms with Crippen molar-refractivity contribution >= 4 is 11.3 Å². The van der Waals surface area contributed by atoms with Gasteiger partial charge in [-0.05, 0) is 30.5 Å². The second-order valence-corrected chi connectivity index (χ2v) is 5.67. The average Bonchev–Trinajstić information content (AvgIpc) is 3.27. The van der Waals surface area contributed by atoms with Gasteiger partial charge in [-0.15, -0.1) is 16.4 Å². The molecule has 0 radical (unpaired) electrons. The van der Waals surface area contributed by atoms with Gasteiger partial charge in [0.15, 0.2) is 11.6 Å². The lowest BCUT2D eigenvalue weighted by molar-refractivity contribution is 0.839. The van der Waals surface area contributed by atoms with E-state index in [0.717, 1.165) is 27.8 Å². The van der Waals surface area contributed by atoms with Crippen LogP contribution in [0.15, 0.2) is 48.1 Å². The van der Waals surface area contributed by atoms with E-state index >= 15 is 0 Å². The van der Waals surface area contributed by atoms with Crippen LogP contribution in [0.25, 0.3) is 27.8 Å². The third-order valence-electron chi connectivity index (χ3n) is 3.23. The lowest BCUT2D eigenvalue weighted by Crippen LogP contribution is -2.01. The fourth-order valence-electron chi connectivity index (χ4n) is 2.29. The van der Waals surface area contributed by atoms with Crippen LogP contribution >= 0.6 is 11.3 Å². The van der Waals surface area contributed by atoms with Gasteiger partial charge < -0.3 is 0 Å². The molecule has 4 aromatic heterocycles. The molecule has 0 unspecified atom stereocenters. The molecule has 0 saturated carbocycles. The Hall–Kier alpha value is -2.80. The highest BCUT2D eigenvalue weighted by molar-refractivity contribution is 7.13. The number of aromatic nitrogens is 6. The zero-order chi connectivity index (χ0) is 14.9. The number of H-pyrrole nitrogens is 1. The summed E-state index contributed by atoms with van der Waals surface area (Å²) in [6.07, 6.45) is 3.52. The topological polar surface area (TPSA) is 72.3 Å². The van der Waals surface area contributed by atoms with Gasteiger partial charge in [-0.3, -0.25) is 5.10 Å². The smallest absolute Gasteiger partial charge is 0.169 e. The van der Waals surface area contributed by atoms with Crippen LogP contribution in [0.3, 0.4) is 0 Å². The molecule has 0 atom stereocenters. The van der Waals surface area contributed by atoms with Crippen LogP contribution in [0.1, 0.15) is 5.82 Å². The Bertz CT molecular complexity index is 891. The van der Waals surface area contributed by atoms with Crippen molar-refractivity contribution < 1.29 is 0 Å². The zero-order valence-electron chi connectivity index (χ0n) is 11.8. The summed E-state index contributed by atoms with van der Waals surface area (Å²) in [4.78, 5) is 10.0. The number of aromatic amines is 1. The van der Waals surface area contributed by atoms with Crippen molar-refractivity contribution in [3.05, 3.63) is 53.9 Å². The molecular weight excluding hydrogens is 296 g/mol. The first-order chi connectivity index (χ1) is 10.8. The minimum Gasteiger partial charge on any atom is -0.276 e. The second-order valence-electron chi connectivity index (χ2n) is 4.72. The van der Waals surface area contributed by atoms with E-state index in [-0.39, 0.29) is 0 Å². The van der Waals surface area contributed by atoms with Gasteiger partial charge >= 0.3 is 0 Å². The lowest BCUT2D eigenvalue weighted by atomic mass is 10.2. The minimum absolute atomic E-state index is 0.694. The molecule has 4 rings (SSSR count). The number of nitrogens with zero attached hydrogens (tertiary/aromatic N) is 5. The molecule has 1 N–H and O–H groups in total. The molecule has 4 aromatic rings. The van der Waals surface area contributed by atoms with Crippen molar-refractivity contribution in [2.24, 2.45) is 0 Å². The maximum Gasteiger partial charge on any atom is 0.169 e. The first-order valence-corrected chi connectivity index (χ1v) is 7.63. The number of pyridine rings is 1. The number of aryl methyl sites for hydroxylation is 1. The van der Waals surface area contributed by atoms with Crippen LogP contribution in [0.4, 0.5) is 0 Å². The molecule has 0 saturated heterocycles. The Morgan fingerprint density at radius 2 is 2.14 bits per heavy atom. The second kappa shape index (κ2) is 5.19. The average molecular weight is 308 g/mol. The van der Waals surface area contributed by atoms with E-state index in [0.29, 0.717) is 5.82 Å². The molecule has 4 heterocycles. The van der Waals surface area contributed by atoms with Crippen molar-refractivity contribution in [3.63, 3.8) is 0 Å². The quantitative estimate of drug-likeness (QED) is 0.631. The summed E-state index contributed by atoms with van der Waals surface area (Å²) in [6.45, 7) is 1.87. The summed E-state index contributed by atoms with van der Waals surface area (Å²) in [5.41, 5.74) is 1.85. The summed E-state index contributed by atoms with van der Waals surface area (Å²) in [5.74, 6) is 2.16. The van der Waals surface area contributed by atoms with Crippen LogP contribution in [-0.2, 0) is 0 Å². The first kappa shape index (κ1) is 12.9. The van der Waals surface area contributed by atoms with E-state index in [1.807, 2.05) is 36.6 Å². The highest BCUT2D eigenvalue weighted by Crippen LogP contribution is 2.32. The molecule has 0 aliphatic carbocycles. The van der Waals surface area contributed by atoms with Crippen molar-refractivity contribution in [2.45, 2.75) is 6.92 Å². The van der Waals surface area contributed by atoms with Crippen LogP contribution < -0.4 is 0 Å². The molecular formula is C15H12N6S. The van der Waals surface area contributed by atoms with E-state index in [1.54, 1.807) is 28.4 Å². The molecule has 0 bridgehead atoms. The number of nitrogens with one attached hydrogen (secondary N) is 1. The standard InChI is InChI=1S/C15H12N6S/c1-10-18-15(21(20-10)13-6-2-3-7-16-13)11-9-17-19-14(11)12-5-4-8-22-12/h2-9H,1H3,(H,17,19). The monoisotopic (exact) mass is 308 g/mol. The summed E-state index contributed by atoms with van der Waals surface area (Å²) >= 11 is 1.65. The van der Waals surface area contributed by atoms with Gasteiger partial charge in [0, 0.05) is 6.20 Å². The third kappa shape index (κ3) is 2.11. The van der Waals surface area contributed by atoms with Gasteiger partial charge in [0.1, 0.15) is 5.82 Å². The largest absolute Gasteiger partial charge is 0.276 e. The van der Waals surface area contributed by atoms with Gasteiger partial charge in [0.2, 0.25) is 0 Å². The highest BCUT2D eigenvalue weighted by atomic mass is 32.1. The number of rotatable bonds is 3. The third-order valence-corrected chi connectivity index (χ3v) is 4.11. The van der Waals surface area contributed by atoms with Crippen molar-refractivity contribution in [2.75, 3.05) is 0 Å². The van der Waals surface area contributed by atoms with Crippen LogP contribution in [0, 0.1) is 6.92 Å². The van der Waals surface area contributed by atoms with Crippen LogP contribution in [-0.4, -0.2) is 29.9 Å². The fourth-order valence-corrected chi connectivity index (χ4v) is 3.03. The van der Waals surface area contributed by atoms with Gasteiger partial charge in [0.05, 0.1) is 22.3 Å². The lowest BCUT2D eigenvalue weighted by Gasteiger charge is -2.04. The molecule has 0 fully saturated rings. The molecule has 7 heteroatoms. The first-order valence-electron chi connectivity index (χ1n) is 6.75. The maximum absolute atomic E-state index is 4.56. The van der Waals surface area contributed by atoms with Crippen molar-refractivity contribution in [1.29, 1.82) is 0 Å². The number of hydrogen-bond donors (Lipinski definition) is 1. The molecule has 0 amide bonds. The van der Waals surface area contributed by atoms with Crippen molar-refractivity contribution in [1.82, 2.24) is 29.9 Å². The van der Waals surface area contributed by atoms with Crippen LogP contribution in [0.2, 0.25) is 0 Å². The minimum atomic E-state index is 0.694. The van der Waals surface area contributed by atoms with E-state index in [1.165, 1.54) is 0 Å². The Balaban J connectivity index is 1.90. The Morgan fingerprint density at radius 1 is 1.18 bits per heavy atom. The van der Waals surface area contributed by atoms with E-state index in [2.05, 4.69) is 31.3 Å². The summed E-state index contributed by atoms with van der Waals surface area (Å²) < 4.78 is 1.75. The van der Waals surface area contributed by atoms with Gasteiger partial charge in [-0.25, -0.2) is 9.97 Å². The van der Waals surface area contributed by atoms with Crippen LogP contribution in [0.5, 0.6) is 0 Å². The van der Waals surface area contributed by atoms with E-state index in [9.17, 15) is 0 Å². The highest BCUT2D eigenvalue weighted by Gasteiger charge is 2.18. The Kier molecular flexibility index (Phi) is 3.05. The Labute approximate surface area is 130 Å². The van der Waals surface area contributed by atoms with Crippen molar-refractivity contribution in [3.8, 4) is 27.8 Å². The normalized spacial score (nSPS) is 11.0. The molecule has 0 aliphatic heterocycles. The zero-order valence-corrected chi connectivity index (χ0v) is 12.6. The van der Waals surface area contributed by atoms with Gasteiger partial charge in [-0.1, -0.05) is 12.1 Å². The fraction of sp³-hybridized carbons (Fsp3) is 0.0667. The summed E-state index contributed by atoms with van der Waals surface area (Å²) in [6, 6.07) is 9.78. The van der Waals surface area contributed by atoms with E-state index in [4.69, 9.17) is 0 Å². The molecule has 0 aromatic carbocycles. The molecule has 0 aliphatic rings.